The molecule has 1 saturated heterocycles. The van der Waals surface area contributed by atoms with Crippen molar-refractivity contribution in [2.24, 2.45) is 11.8 Å². The summed E-state index contributed by atoms with van der Waals surface area (Å²) >= 11 is 14.7. The van der Waals surface area contributed by atoms with Gasteiger partial charge in [0, 0.05) is 5.69 Å². The molecule has 35 heavy (non-hydrogen) atoms. The standard InChI is InChI=1S/C27H20Cl2N2O4/c1-35-16-12-10-15(11-13-16)30-21(32)14-31-24(33)22-23(25(31)34)27(29)18-7-3-2-6-17(18)26(22,28)19-8-4-5-9-20(19)27/h2-13,22-23H,14H2,1H3,(H,30,32)/t22-,23+,26?,27?. The van der Waals surface area contributed by atoms with Gasteiger partial charge in [0.2, 0.25) is 17.7 Å². The number of halogens is 2. The first-order chi connectivity index (χ1) is 16.8. The topological polar surface area (TPSA) is 75.7 Å². The lowest BCUT2D eigenvalue weighted by atomic mass is 9.54. The monoisotopic (exact) mass is 506 g/mol. The molecule has 3 aliphatic carbocycles. The van der Waals surface area contributed by atoms with Gasteiger partial charge in [0.15, 0.2) is 0 Å². The summed E-state index contributed by atoms with van der Waals surface area (Å²) in [6.07, 6.45) is 0. The average Bonchev–Trinajstić information content (AvgIpc) is 3.13. The molecule has 3 aromatic rings. The maximum atomic E-state index is 13.7. The van der Waals surface area contributed by atoms with Gasteiger partial charge in [0.25, 0.3) is 0 Å². The normalized spacial score (nSPS) is 27.8. The molecule has 6 nitrogen and oxygen atoms in total. The number of nitrogens with one attached hydrogen (secondary N) is 1. The molecule has 0 radical (unpaired) electrons. The molecular weight excluding hydrogens is 487 g/mol. The summed E-state index contributed by atoms with van der Waals surface area (Å²) < 4.78 is 5.13. The first-order valence-electron chi connectivity index (χ1n) is 11.2. The van der Waals surface area contributed by atoms with E-state index in [4.69, 9.17) is 27.9 Å². The molecule has 1 fully saturated rings. The minimum atomic E-state index is -1.26. The quantitative estimate of drug-likeness (QED) is 0.424. The van der Waals surface area contributed by atoms with Crippen LogP contribution in [0.1, 0.15) is 22.3 Å². The van der Waals surface area contributed by atoms with Crippen LogP contribution >= 0.6 is 23.2 Å². The number of benzene rings is 3. The molecule has 0 aromatic heterocycles. The Kier molecular flexibility index (Phi) is 4.79. The predicted octanol–water partition coefficient (Wildman–Crippen LogP) is 4.23. The van der Waals surface area contributed by atoms with Gasteiger partial charge in [-0.25, -0.2) is 0 Å². The van der Waals surface area contributed by atoms with Gasteiger partial charge in [-0.2, -0.15) is 0 Å². The van der Waals surface area contributed by atoms with Crippen LogP contribution in [0.25, 0.3) is 0 Å². The highest BCUT2D eigenvalue weighted by molar-refractivity contribution is 6.36. The molecule has 2 atom stereocenters. The van der Waals surface area contributed by atoms with Crippen molar-refractivity contribution in [3.05, 3.63) is 95.1 Å². The van der Waals surface area contributed by atoms with Gasteiger partial charge in [-0.3, -0.25) is 19.3 Å². The van der Waals surface area contributed by atoms with E-state index >= 15 is 0 Å². The van der Waals surface area contributed by atoms with Gasteiger partial charge in [-0.15, -0.1) is 23.2 Å². The van der Waals surface area contributed by atoms with Crippen LogP contribution in [0, 0.1) is 11.8 Å². The molecule has 176 valence electrons. The van der Waals surface area contributed by atoms with Crippen LogP contribution in [0.4, 0.5) is 5.69 Å². The number of carbonyl (C=O) groups is 3. The number of carbonyl (C=O) groups excluding carboxylic acids is 3. The van der Waals surface area contributed by atoms with Crippen molar-refractivity contribution in [3.63, 3.8) is 0 Å². The van der Waals surface area contributed by atoms with Crippen LogP contribution in [0.5, 0.6) is 5.75 Å². The van der Waals surface area contributed by atoms with E-state index < -0.39 is 45.9 Å². The third-order valence-corrected chi connectivity index (χ3v) is 8.64. The fraction of sp³-hybridized carbons (Fsp3) is 0.222. The van der Waals surface area contributed by atoms with Crippen molar-refractivity contribution in [1.82, 2.24) is 4.90 Å². The molecule has 3 amide bonds. The summed E-state index contributed by atoms with van der Waals surface area (Å²) in [6.45, 7) is -0.427. The minimum Gasteiger partial charge on any atom is -0.497 e. The third kappa shape index (κ3) is 2.81. The Morgan fingerprint density at radius 3 is 1.66 bits per heavy atom. The Hall–Kier alpha value is -3.35. The first kappa shape index (κ1) is 22.1. The number of likely N-dealkylation sites (tertiary alicyclic amines) is 1. The third-order valence-electron chi connectivity index (χ3n) is 7.35. The fourth-order valence-electron chi connectivity index (χ4n) is 5.90. The second-order valence-corrected chi connectivity index (χ2v) is 10.2. The van der Waals surface area contributed by atoms with Crippen LogP contribution in [0.15, 0.2) is 72.8 Å². The van der Waals surface area contributed by atoms with Crippen molar-refractivity contribution in [2.45, 2.75) is 9.75 Å². The summed E-state index contributed by atoms with van der Waals surface area (Å²) in [4.78, 5) is 38.8. The first-order valence-corrected chi connectivity index (χ1v) is 11.9. The lowest BCUT2D eigenvalue weighted by molar-refractivity contribution is -0.142. The number of imide groups is 1. The van der Waals surface area contributed by atoms with Crippen molar-refractivity contribution >= 4 is 46.6 Å². The van der Waals surface area contributed by atoms with E-state index in [1.54, 1.807) is 31.4 Å². The van der Waals surface area contributed by atoms with E-state index in [0.29, 0.717) is 11.4 Å². The van der Waals surface area contributed by atoms with E-state index in [-0.39, 0.29) is 0 Å². The summed E-state index contributed by atoms with van der Waals surface area (Å²) in [5, 5.41) is 2.73. The van der Waals surface area contributed by atoms with Crippen LogP contribution in [-0.4, -0.2) is 36.3 Å². The second-order valence-electron chi connectivity index (χ2n) is 9.01. The van der Waals surface area contributed by atoms with Crippen molar-refractivity contribution in [2.75, 3.05) is 19.0 Å². The number of rotatable bonds is 4. The zero-order valence-electron chi connectivity index (χ0n) is 18.6. The molecule has 1 N–H and O–H groups in total. The SMILES string of the molecule is COc1ccc(NC(=O)CN2C(=O)[C@@H]3[C@H](C2=O)C2(Cl)c4ccccc4C3(Cl)c3ccccc32)cc1. The van der Waals surface area contributed by atoms with E-state index in [1.165, 1.54) is 0 Å². The van der Waals surface area contributed by atoms with E-state index in [0.717, 1.165) is 27.2 Å². The Labute approximate surface area is 211 Å². The molecule has 1 heterocycles. The number of alkyl halides is 2. The number of methoxy groups -OCH3 is 1. The molecule has 0 spiro atoms. The summed E-state index contributed by atoms with van der Waals surface area (Å²) in [7, 11) is 1.55. The summed E-state index contributed by atoms with van der Waals surface area (Å²) in [5.74, 6) is -2.68. The molecule has 7 rings (SSSR count). The largest absolute Gasteiger partial charge is 0.497 e. The van der Waals surface area contributed by atoms with Crippen molar-refractivity contribution < 1.29 is 19.1 Å². The summed E-state index contributed by atoms with van der Waals surface area (Å²) in [5.41, 5.74) is 3.42. The van der Waals surface area contributed by atoms with Crippen LogP contribution < -0.4 is 10.1 Å². The number of hydrogen-bond acceptors (Lipinski definition) is 4. The highest BCUT2D eigenvalue weighted by Crippen LogP contribution is 2.69. The van der Waals surface area contributed by atoms with Crippen molar-refractivity contribution in [1.29, 1.82) is 0 Å². The number of nitrogens with zero attached hydrogens (tertiary/aromatic N) is 1. The molecule has 0 saturated carbocycles. The molecule has 3 aromatic carbocycles. The zero-order chi connectivity index (χ0) is 24.5. The fourth-order valence-corrected chi connectivity index (χ4v) is 7.00. The molecule has 4 aliphatic rings. The van der Waals surface area contributed by atoms with Crippen LogP contribution in [0.2, 0.25) is 0 Å². The van der Waals surface area contributed by atoms with E-state index in [9.17, 15) is 14.4 Å². The molecule has 1 aliphatic heterocycles. The van der Waals surface area contributed by atoms with E-state index in [2.05, 4.69) is 5.32 Å². The van der Waals surface area contributed by atoms with Gasteiger partial charge in [0.05, 0.1) is 18.9 Å². The molecule has 0 unspecified atom stereocenters. The number of ether oxygens (including phenoxy) is 1. The number of amides is 3. The number of anilines is 1. The Morgan fingerprint density at radius 1 is 0.829 bits per heavy atom. The maximum absolute atomic E-state index is 13.7. The van der Waals surface area contributed by atoms with Gasteiger partial charge < -0.3 is 10.1 Å². The second kappa shape index (κ2) is 7.57. The van der Waals surface area contributed by atoms with Crippen LogP contribution in [0.3, 0.4) is 0 Å². The predicted molar refractivity (Wildman–Crippen MR) is 131 cm³/mol. The van der Waals surface area contributed by atoms with Gasteiger partial charge >= 0.3 is 0 Å². The Morgan fingerprint density at radius 2 is 1.26 bits per heavy atom. The zero-order valence-corrected chi connectivity index (χ0v) is 20.1. The molecule has 2 bridgehead atoms. The summed E-state index contributed by atoms with van der Waals surface area (Å²) in [6, 6.07) is 21.6. The smallest absolute Gasteiger partial charge is 0.244 e. The average molecular weight is 507 g/mol. The van der Waals surface area contributed by atoms with Gasteiger partial charge in [0.1, 0.15) is 22.0 Å². The highest BCUT2D eigenvalue weighted by Gasteiger charge is 2.73. The van der Waals surface area contributed by atoms with Crippen molar-refractivity contribution in [3.8, 4) is 5.75 Å². The maximum Gasteiger partial charge on any atom is 0.244 e. The lowest BCUT2D eigenvalue weighted by Crippen LogP contribution is -2.57. The Balaban J connectivity index is 1.39. The molecular formula is C27H20Cl2N2O4. The Bertz CT molecular complexity index is 1280. The van der Waals surface area contributed by atoms with E-state index in [1.807, 2.05) is 48.5 Å². The highest BCUT2D eigenvalue weighted by atomic mass is 35.5. The van der Waals surface area contributed by atoms with Gasteiger partial charge in [-0.1, -0.05) is 48.5 Å². The molecule has 8 heteroatoms. The number of hydrogen-bond donors (Lipinski definition) is 1. The van der Waals surface area contributed by atoms with Crippen LogP contribution in [-0.2, 0) is 24.1 Å². The van der Waals surface area contributed by atoms with Gasteiger partial charge in [-0.05, 0) is 46.5 Å². The lowest BCUT2D eigenvalue weighted by Gasteiger charge is -2.54. The minimum absolute atomic E-state index is 0.427.